The zero-order valence-electron chi connectivity index (χ0n) is 28.4. The van der Waals surface area contributed by atoms with Crippen LogP contribution in [0.5, 0.6) is 0 Å². The van der Waals surface area contributed by atoms with Crippen LogP contribution in [0.25, 0.3) is 98.8 Å². The lowest BCUT2D eigenvalue weighted by Gasteiger charge is -2.15. The van der Waals surface area contributed by atoms with Crippen LogP contribution in [0, 0.1) is 0 Å². The second-order valence-corrected chi connectivity index (χ2v) is 13.7. The highest BCUT2D eigenvalue weighted by molar-refractivity contribution is 6.13. The molecule has 0 fully saturated rings. The molecule has 0 bridgehead atoms. The number of rotatable bonds is 4. The summed E-state index contributed by atoms with van der Waals surface area (Å²) < 4.78 is 4.86. The maximum atomic E-state index is 2.45. The Morgan fingerprint density at radius 3 is 1.54 bits per heavy atom. The molecular formula is C50H32N2. The summed E-state index contributed by atoms with van der Waals surface area (Å²) in [4.78, 5) is 0. The van der Waals surface area contributed by atoms with Crippen LogP contribution in [0.15, 0.2) is 194 Å². The van der Waals surface area contributed by atoms with Crippen LogP contribution in [0.3, 0.4) is 0 Å². The topological polar surface area (TPSA) is 9.86 Å². The van der Waals surface area contributed by atoms with E-state index in [-0.39, 0.29) is 0 Å². The fraction of sp³-hybridized carbons (Fsp3) is 0. The summed E-state index contributed by atoms with van der Waals surface area (Å²) in [5, 5.41) is 10.0. The Kier molecular flexibility index (Phi) is 6.28. The van der Waals surface area contributed by atoms with E-state index in [0.29, 0.717) is 0 Å². The predicted octanol–water partition coefficient (Wildman–Crippen LogP) is 13.5. The van der Waals surface area contributed by atoms with Crippen molar-refractivity contribution in [1.29, 1.82) is 0 Å². The van der Waals surface area contributed by atoms with Crippen LogP contribution < -0.4 is 0 Å². The van der Waals surface area contributed by atoms with Crippen molar-refractivity contribution < 1.29 is 0 Å². The van der Waals surface area contributed by atoms with Gasteiger partial charge in [0.15, 0.2) is 0 Å². The summed E-state index contributed by atoms with van der Waals surface area (Å²) in [6.45, 7) is 0. The lowest BCUT2D eigenvalue weighted by molar-refractivity contribution is 1.18. The second-order valence-electron chi connectivity index (χ2n) is 13.7. The number of hydrogen-bond acceptors (Lipinski definition) is 0. The van der Waals surface area contributed by atoms with E-state index in [4.69, 9.17) is 0 Å². The van der Waals surface area contributed by atoms with Crippen molar-refractivity contribution in [1.82, 2.24) is 9.13 Å². The molecule has 11 rings (SSSR count). The quantitative estimate of drug-likeness (QED) is 0.178. The van der Waals surface area contributed by atoms with Crippen molar-refractivity contribution in [2.45, 2.75) is 0 Å². The average Bonchev–Trinajstić information content (AvgIpc) is 3.72. The third-order valence-electron chi connectivity index (χ3n) is 10.9. The highest BCUT2D eigenvalue weighted by Gasteiger charge is 2.18. The molecule has 0 saturated heterocycles. The smallest absolute Gasteiger partial charge is 0.0541 e. The summed E-state index contributed by atoms with van der Waals surface area (Å²) in [6, 6.07) is 71.0. The average molecular weight is 661 g/mol. The monoisotopic (exact) mass is 660 g/mol. The van der Waals surface area contributed by atoms with Crippen molar-refractivity contribution >= 4 is 65.2 Å². The minimum Gasteiger partial charge on any atom is -0.309 e. The Morgan fingerprint density at radius 2 is 0.788 bits per heavy atom. The number of para-hydroxylation sites is 3. The minimum absolute atomic E-state index is 1.18. The van der Waals surface area contributed by atoms with E-state index >= 15 is 0 Å². The molecule has 0 aliphatic rings. The number of benzene rings is 9. The van der Waals surface area contributed by atoms with Gasteiger partial charge >= 0.3 is 0 Å². The van der Waals surface area contributed by atoms with Gasteiger partial charge in [-0.15, -0.1) is 0 Å². The molecule has 0 aliphatic carbocycles. The SMILES string of the molecule is c1ccc(-n2c3ccccc3c3cc(-c4ccc5c(c4)c4ccccc4n5-c4ccc5ccccc5c4)ccc32)c(-c2cccc3ccccc23)c1. The number of hydrogen-bond donors (Lipinski definition) is 0. The highest BCUT2D eigenvalue weighted by atomic mass is 15.0. The molecule has 0 aliphatic heterocycles. The highest BCUT2D eigenvalue weighted by Crippen LogP contribution is 2.41. The third kappa shape index (κ3) is 4.31. The van der Waals surface area contributed by atoms with E-state index in [1.807, 2.05) is 0 Å². The van der Waals surface area contributed by atoms with Gasteiger partial charge in [0.05, 0.1) is 27.8 Å². The van der Waals surface area contributed by atoms with Gasteiger partial charge in [0.25, 0.3) is 0 Å². The summed E-state index contributed by atoms with van der Waals surface area (Å²) in [6.07, 6.45) is 0. The van der Waals surface area contributed by atoms with E-state index in [0.717, 1.165) is 0 Å². The fourth-order valence-corrected chi connectivity index (χ4v) is 8.52. The Labute approximate surface area is 301 Å². The van der Waals surface area contributed by atoms with Crippen molar-refractivity contribution in [2.75, 3.05) is 0 Å². The Balaban J connectivity index is 1.10. The van der Waals surface area contributed by atoms with Crippen LogP contribution >= 0.6 is 0 Å². The largest absolute Gasteiger partial charge is 0.309 e. The van der Waals surface area contributed by atoms with Gasteiger partial charge in [-0.05, 0) is 92.8 Å². The van der Waals surface area contributed by atoms with Gasteiger partial charge in [0.2, 0.25) is 0 Å². The molecule has 0 radical (unpaired) electrons. The summed E-state index contributed by atoms with van der Waals surface area (Å²) in [5.41, 5.74) is 12.1. The summed E-state index contributed by atoms with van der Waals surface area (Å²) in [5.74, 6) is 0. The molecule has 242 valence electrons. The molecule has 0 unspecified atom stereocenters. The normalized spacial score (nSPS) is 11.8. The summed E-state index contributed by atoms with van der Waals surface area (Å²) >= 11 is 0. The number of fused-ring (bicyclic) bond motifs is 8. The first-order valence-corrected chi connectivity index (χ1v) is 17.9. The minimum atomic E-state index is 1.18. The molecule has 2 nitrogen and oxygen atoms in total. The lowest BCUT2D eigenvalue weighted by atomic mass is 9.97. The van der Waals surface area contributed by atoms with Crippen LogP contribution in [0.2, 0.25) is 0 Å². The molecule has 0 spiro atoms. The maximum Gasteiger partial charge on any atom is 0.0541 e. The summed E-state index contributed by atoms with van der Waals surface area (Å²) in [7, 11) is 0. The van der Waals surface area contributed by atoms with Crippen LogP contribution in [0.1, 0.15) is 0 Å². The van der Waals surface area contributed by atoms with E-state index in [1.54, 1.807) is 0 Å². The van der Waals surface area contributed by atoms with Crippen molar-refractivity contribution in [3.63, 3.8) is 0 Å². The molecule has 0 atom stereocenters. The van der Waals surface area contributed by atoms with Crippen LogP contribution in [0.4, 0.5) is 0 Å². The second kappa shape index (κ2) is 11.3. The molecule has 0 amide bonds. The Bertz CT molecular complexity index is 3190. The van der Waals surface area contributed by atoms with Gasteiger partial charge in [-0.3, -0.25) is 0 Å². The zero-order valence-corrected chi connectivity index (χ0v) is 28.4. The Hall–Kier alpha value is -6.90. The maximum absolute atomic E-state index is 2.45. The standard InChI is InChI=1S/C50H32N2/c1-2-14-35-30-38(27-24-33(35)12-1)51-46-21-8-6-18-42(46)44-31-36(25-28-49(44)51)37-26-29-50-45(32-37)43-19-7-10-23-48(43)52(50)47-22-9-5-17-41(47)40-20-11-15-34-13-3-4-16-39(34)40/h1-32H. The van der Waals surface area contributed by atoms with Gasteiger partial charge in [-0.1, -0.05) is 140 Å². The number of aromatic nitrogens is 2. The van der Waals surface area contributed by atoms with Gasteiger partial charge in [-0.2, -0.15) is 0 Å². The Morgan fingerprint density at radius 1 is 0.269 bits per heavy atom. The van der Waals surface area contributed by atoms with Crippen LogP contribution in [-0.2, 0) is 0 Å². The first-order valence-electron chi connectivity index (χ1n) is 17.9. The predicted molar refractivity (Wildman–Crippen MR) is 221 cm³/mol. The fourth-order valence-electron chi connectivity index (χ4n) is 8.52. The van der Waals surface area contributed by atoms with E-state index < -0.39 is 0 Å². The molecule has 2 heteroatoms. The molecular weight excluding hydrogens is 629 g/mol. The lowest BCUT2D eigenvalue weighted by Crippen LogP contribution is -1.97. The molecule has 0 saturated carbocycles. The molecule has 9 aromatic carbocycles. The zero-order chi connectivity index (χ0) is 34.2. The first kappa shape index (κ1) is 28.9. The van der Waals surface area contributed by atoms with E-state index in [2.05, 4.69) is 203 Å². The van der Waals surface area contributed by atoms with Crippen molar-refractivity contribution in [3.8, 4) is 33.6 Å². The van der Waals surface area contributed by atoms with Gasteiger partial charge in [-0.25, -0.2) is 0 Å². The molecule has 52 heavy (non-hydrogen) atoms. The van der Waals surface area contributed by atoms with E-state index in [1.165, 1.54) is 98.8 Å². The van der Waals surface area contributed by atoms with Crippen molar-refractivity contribution in [3.05, 3.63) is 194 Å². The van der Waals surface area contributed by atoms with Gasteiger partial charge in [0, 0.05) is 32.8 Å². The number of nitrogens with zero attached hydrogens (tertiary/aromatic N) is 2. The molecule has 2 aromatic heterocycles. The molecule has 11 aromatic rings. The first-order chi connectivity index (χ1) is 25.8. The van der Waals surface area contributed by atoms with Gasteiger partial charge < -0.3 is 9.13 Å². The van der Waals surface area contributed by atoms with E-state index in [9.17, 15) is 0 Å². The molecule has 0 N–H and O–H groups in total. The molecule has 2 heterocycles. The van der Waals surface area contributed by atoms with Crippen molar-refractivity contribution in [2.24, 2.45) is 0 Å². The van der Waals surface area contributed by atoms with Crippen LogP contribution in [-0.4, -0.2) is 9.13 Å². The third-order valence-corrected chi connectivity index (χ3v) is 10.9. The van der Waals surface area contributed by atoms with Gasteiger partial charge in [0.1, 0.15) is 0 Å².